The number of nitrogens with one attached hydrogen (secondary N) is 1. The van der Waals surface area contributed by atoms with Gasteiger partial charge in [0.15, 0.2) is 0 Å². The van der Waals surface area contributed by atoms with E-state index in [1.165, 1.54) is 0 Å². The third kappa shape index (κ3) is 4.58. The Morgan fingerprint density at radius 1 is 1.22 bits per heavy atom. The summed E-state index contributed by atoms with van der Waals surface area (Å²) in [5.41, 5.74) is 0. The highest BCUT2D eigenvalue weighted by atomic mass is 16.2. The Morgan fingerprint density at radius 3 is 2.33 bits per heavy atom. The Balaban J connectivity index is 2.27. The number of hydrogen-bond acceptors (Lipinski definition) is 3. The van der Waals surface area contributed by atoms with Crippen molar-refractivity contribution in [3.05, 3.63) is 0 Å². The first-order chi connectivity index (χ1) is 8.72. The second-order valence-corrected chi connectivity index (χ2v) is 4.94. The summed E-state index contributed by atoms with van der Waals surface area (Å²) in [6.45, 7) is 12.4. The summed E-state index contributed by atoms with van der Waals surface area (Å²) in [5.74, 6) is 0.314. The average molecular weight is 255 g/mol. The summed E-state index contributed by atoms with van der Waals surface area (Å²) in [7, 11) is 0. The fraction of sp³-hybridized carbons (Fsp3) is 0.929. The van der Waals surface area contributed by atoms with Gasteiger partial charge in [0, 0.05) is 32.1 Å². The van der Waals surface area contributed by atoms with Crippen molar-refractivity contribution in [2.75, 3.05) is 39.3 Å². The molecule has 0 saturated carbocycles. The fourth-order valence-electron chi connectivity index (χ4n) is 2.75. The molecule has 1 saturated heterocycles. The van der Waals surface area contributed by atoms with Gasteiger partial charge in [-0.3, -0.25) is 4.79 Å². The average Bonchev–Trinajstić information content (AvgIpc) is 2.41. The number of piperidine rings is 1. The molecule has 4 nitrogen and oxygen atoms in total. The second kappa shape index (κ2) is 8.48. The lowest BCUT2D eigenvalue weighted by Gasteiger charge is -2.37. The van der Waals surface area contributed by atoms with Gasteiger partial charge in [-0.05, 0) is 32.5 Å². The largest absolute Gasteiger partial charge is 0.343 e. The molecule has 0 aliphatic carbocycles. The molecule has 0 bridgehead atoms. The molecule has 0 aromatic heterocycles. The van der Waals surface area contributed by atoms with Crippen molar-refractivity contribution in [2.24, 2.45) is 0 Å². The second-order valence-electron chi connectivity index (χ2n) is 4.94. The monoisotopic (exact) mass is 255 g/mol. The highest BCUT2D eigenvalue weighted by Crippen LogP contribution is 2.16. The fourth-order valence-corrected chi connectivity index (χ4v) is 2.75. The van der Waals surface area contributed by atoms with Gasteiger partial charge in [-0.25, -0.2) is 0 Å². The highest BCUT2D eigenvalue weighted by molar-refractivity contribution is 5.76. The minimum Gasteiger partial charge on any atom is -0.343 e. The zero-order valence-electron chi connectivity index (χ0n) is 12.2. The van der Waals surface area contributed by atoms with E-state index in [0.717, 1.165) is 52.1 Å². The van der Waals surface area contributed by atoms with E-state index in [2.05, 4.69) is 31.0 Å². The van der Waals surface area contributed by atoms with Gasteiger partial charge >= 0.3 is 0 Å². The van der Waals surface area contributed by atoms with Gasteiger partial charge < -0.3 is 15.1 Å². The molecule has 0 spiro atoms. The maximum Gasteiger partial charge on any atom is 0.223 e. The summed E-state index contributed by atoms with van der Waals surface area (Å²) in [6, 6.07) is 0.679. The first-order valence-corrected chi connectivity index (χ1v) is 7.45. The van der Waals surface area contributed by atoms with Gasteiger partial charge in [0.05, 0.1) is 0 Å². The van der Waals surface area contributed by atoms with Crippen molar-refractivity contribution in [3.8, 4) is 0 Å². The van der Waals surface area contributed by atoms with Crippen LogP contribution in [0, 0.1) is 0 Å². The van der Waals surface area contributed by atoms with Crippen molar-refractivity contribution < 1.29 is 4.79 Å². The van der Waals surface area contributed by atoms with E-state index in [9.17, 15) is 4.79 Å². The SMILES string of the molecule is CCNCCC(=O)N1CCC(N(CC)CC)CC1. The molecule has 106 valence electrons. The molecular weight excluding hydrogens is 226 g/mol. The topological polar surface area (TPSA) is 35.6 Å². The number of amides is 1. The molecule has 1 aliphatic heterocycles. The van der Waals surface area contributed by atoms with Crippen LogP contribution >= 0.6 is 0 Å². The first-order valence-electron chi connectivity index (χ1n) is 7.45. The van der Waals surface area contributed by atoms with Crippen LogP contribution in [0.25, 0.3) is 0 Å². The number of carbonyl (C=O) groups is 1. The molecule has 0 atom stereocenters. The van der Waals surface area contributed by atoms with E-state index in [-0.39, 0.29) is 0 Å². The van der Waals surface area contributed by atoms with Crippen LogP contribution in [0.2, 0.25) is 0 Å². The molecule has 1 heterocycles. The van der Waals surface area contributed by atoms with Crippen molar-refractivity contribution in [3.63, 3.8) is 0 Å². The van der Waals surface area contributed by atoms with Crippen LogP contribution in [-0.2, 0) is 4.79 Å². The van der Waals surface area contributed by atoms with E-state index in [1.807, 2.05) is 4.90 Å². The summed E-state index contributed by atoms with van der Waals surface area (Å²) < 4.78 is 0. The molecular formula is C14H29N3O. The lowest BCUT2D eigenvalue weighted by Crippen LogP contribution is -2.47. The quantitative estimate of drug-likeness (QED) is 0.697. The van der Waals surface area contributed by atoms with Crippen LogP contribution < -0.4 is 5.32 Å². The van der Waals surface area contributed by atoms with Crippen LogP contribution in [0.5, 0.6) is 0 Å². The standard InChI is InChI=1S/C14H29N3O/c1-4-15-10-7-14(18)17-11-8-13(9-12-17)16(5-2)6-3/h13,15H,4-12H2,1-3H3. The van der Waals surface area contributed by atoms with Gasteiger partial charge in [-0.15, -0.1) is 0 Å². The maximum atomic E-state index is 12.0. The van der Waals surface area contributed by atoms with Crippen LogP contribution in [-0.4, -0.2) is 61.0 Å². The van der Waals surface area contributed by atoms with E-state index in [4.69, 9.17) is 0 Å². The van der Waals surface area contributed by atoms with Crippen LogP contribution in [0.4, 0.5) is 0 Å². The molecule has 0 radical (unpaired) electrons. The van der Waals surface area contributed by atoms with Gasteiger partial charge in [-0.1, -0.05) is 20.8 Å². The predicted molar refractivity (Wildman–Crippen MR) is 75.7 cm³/mol. The van der Waals surface area contributed by atoms with E-state index in [0.29, 0.717) is 18.4 Å². The maximum absolute atomic E-state index is 12.0. The molecule has 18 heavy (non-hydrogen) atoms. The van der Waals surface area contributed by atoms with Crippen molar-refractivity contribution in [2.45, 2.75) is 46.1 Å². The van der Waals surface area contributed by atoms with Gasteiger partial charge in [-0.2, -0.15) is 0 Å². The number of hydrogen-bond donors (Lipinski definition) is 1. The molecule has 1 aliphatic rings. The molecule has 1 rings (SSSR count). The summed E-state index contributed by atoms with van der Waals surface area (Å²) in [5, 5.41) is 3.21. The molecule has 0 aromatic carbocycles. The Bertz CT molecular complexity index is 233. The number of carbonyl (C=O) groups excluding carboxylic acids is 1. The summed E-state index contributed by atoms with van der Waals surface area (Å²) in [4.78, 5) is 16.5. The Labute approximate surface area is 112 Å². The normalized spacial score (nSPS) is 17.4. The molecule has 1 N–H and O–H groups in total. The van der Waals surface area contributed by atoms with Gasteiger partial charge in [0.2, 0.25) is 5.91 Å². The molecule has 1 amide bonds. The van der Waals surface area contributed by atoms with Crippen molar-refractivity contribution in [1.29, 1.82) is 0 Å². The molecule has 1 fully saturated rings. The smallest absolute Gasteiger partial charge is 0.223 e. The lowest BCUT2D eigenvalue weighted by atomic mass is 10.0. The minimum atomic E-state index is 0.314. The summed E-state index contributed by atoms with van der Waals surface area (Å²) >= 11 is 0. The van der Waals surface area contributed by atoms with Crippen molar-refractivity contribution >= 4 is 5.91 Å². The van der Waals surface area contributed by atoms with E-state index in [1.54, 1.807) is 0 Å². The lowest BCUT2D eigenvalue weighted by molar-refractivity contribution is -0.132. The van der Waals surface area contributed by atoms with Crippen molar-refractivity contribution in [1.82, 2.24) is 15.1 Å². The molecule has 4 heteroatoms. The predicted octanol–water partition coefficient (Wildman–Crippen LogP) is 1.32. The Hall–Kier alpha value is -0.610. The zero-order valence-corrected chi connectivity index (χ0v) is 12.2. The highest BCUT2D eigenvalue weighted by Gasteiger charge is 2.24. The molecule has 0 aromatic rings. The third-order valence-electron chi connectivity index (χ3n) is 3.91. The number of nitrogens with zero attached hydrogens (tertiary/aromatic N) is 2. The van der Waals surface area contributed by atoms with Crippen LogP contribution in [0.15, 0.2) is 0 Å². The third-order valence-corrected chi connectivity index (χ3v) is 3.91. The minimum absolute atomic E-state index is 0.314. The van der Waals surface area contributed by atoms with Gasteiger partial charge in [0.25, 0.3) is 0 Å². The van der Waals surface area contributed by atoms with E-state index < -0.39 is 0 Å². The first kappa shape index (κ1) is 15.4. The number of rotatable bonds is 7. The number of likely N-dealkylation sites (tertiary alicyclic amines) is 1. The molecule has 0 unspecified atom stereocenters. The Kier molecular flexibility index (Phi) is 7.28. The zero-order chi connectivity index (χ0) is 13.4. The van der Waals surface area contributed by atoms with E-state index >= 15 is 0 Å². The Morgan fingerprint density at radius 2 is 1.83 bits per heavy atom. The van der Waals surface area contributed by atoms with Crippen LogP contribution in [0.3, 0.4) is 0 Å². The summed E-state index contributed by atoms with van der Waals surface area (Å²) in [6.07, 6.45) is 2.91. The van der Waals surface area contributed by atoms with Gasteiger partial charge in [0.1, 0.15) is 0 Å². The van der Waals surface area contributed by atoms with Crippen LogP contribution in [0.1, 0.15) is 40.0 Å².